The molecule has 0 atom stereocenters. The summed E-state index contributed by atoms with van der Waals surface area (Å²) in [7, 11) is 0. The lowest BCUT2D eigenvalue weighted by molar-refractivity contribution is 0.0426. The lowest BCUT2D eigenvalue weighted by atomic mass is 9.60. The Hall–Kier alpha value is -1.33. The number of aromatic nitrogens is 3. The predicted octanol–water partition coefficient (Wildman–Crippen LogP) is 3.19. The molecule has 2 aromatic heterocycles. The van der Waals surface area contributed by atoms with Gasteiger partial charge in [-0.1, -0.05) is 24.4 Å². The zero-order valence-electron chi connectivity index (χ0n) is 14.1. The molecule has 1 aliphatic heterocycles. The van der Waals surface area contributed by atoms with Crippen LogP contribution in [0.1, 0.15) is 44.1 Å². The first-order valence-corrected chi connectivity index (χ1v) is 9.51. The molecule has 3 aliphatic rings. The van der Waals surface area contributed by atoms with E-state index in [9.17, 15) is 0 Å². The van der Waals surface area contributed by atoms with Crippen LogP contribution in [-0.2, 0) is 0 Å². The van der Waals surface area contributed by atoms with Crippen molar-refractivity contribution in [3.05, 3.63) is 23.1 Å². The summed E-state index contributed by atoms with van der Waals surface area (Å²) in [5.41, 5.74) is 2.71. The Labute approximate surface area is 147 Å². The topological polar surface area (TPSA) is 45.5 Å². The van der Waals surface area contributed by atoms with Crippen molar-refractivity contribution in [2.75, 3.05) is 18.0 Å². The summed E-state index contributed by atoms with van der Waals surface area (Å²) in [5, 5.41) is 8.81. The van der Waals surface area contributed by atoms with Gasteiger partial charge in [0, 0.05) is 30.6 Å². The van der Waals surface area contributed by atoms with Gasteiger partial charge >= 0.3 is 0 Å². The third-order valence-electron chi connectivity index (χ3n) is 6.22. The lowest BCUT2D eigenvalue weighted by Gasteiger charge is -2.60. The number of aryl methyl sites for hydroxylation is 1. The number of nitrogens with one attached hydrogen (secondary N) is 1. The molecule has 2 aromatic rings. The van der Waals surface area contributed by atoms with E-state index >= 15 is 0 Å². The highest BCUT2D eigenvalue weighted by Gasteiger charge is 2.53. The molecule has 3 heterocycles. The van der Waals surface area contributed by atoms with Crippen LogP contribution in [0.2, 0.25) is 5.15 Å². The second-order valence-corrected chi connectivity index (χ2v) is 8.49. The fraction of sp³-hybridized carbons (Fsp3) is 0.667. The molecule has 3 fully saturated rings. The Morgan fingerprint density at radius 1 is 1.21 bits per heavy atom. The fourth-order valence-electron chi connectivity index (χ4n) is 5.09. The molecule has 2 aliphatic carbocycles. The first kappa shape index (κ1) is 15.0. The van der Waals surface area contributed by atoms with Gasteiger partial charge in [0.25, 0.3) is 0 Å². The van der Waals surface area contributed by atoms with E-state index in [1.165, 1.54) is 38.5 Å². The number of halogens is 1. The summed E-state index contributed by atoms with van der Waals surface area (Å²) in [6.45, 7) is 4.31. The number of hydrogen-bond donors (Lipinski definition) is 1. The van der Waals surface area contributed by atoms with Crippen LogP contribution in [0.5, 0.6) is 0 Å². The van der Waals surface area contributed by atoms with E-state index in [1.54, 1.807) is 10.8 Å². The van der Waals surface area contributed by atoms with E-state index in [4.69, 9.17) is 11.6 Å². The van der Waals surface area contributed by atoms with Crippen LogP contribution in [0.15, 0.2) is 12.4 Å². The van der Waals surface area contributed by atoms with Gasteiger partial charge in [0.15, 0.2) is 5.82 Å². The first-order chi connectivity index (χ1) is 11.6. The molecule has 5 nitrogen and oxygen atoms in total. The van der Waals surface area contributed by atoms with Crippen LogP contribution in [0.3, 0.4) is 0 Å². The summed E-state index contributed by atoms with van der Waals surface area (Å²) < 4.78 is 1.80. The molecule has 0 aromatic carbocycles. The van der Waals surface area contributed by atoms with E-state index < -0.39 is 0 Å². The monoisotopic (exact) mass is 345 g/mol. The maximum Gasteiger partial charge on any atom is 0.156 e. The van der Waals surface area contributed by atoms with Gasteiger partial charge in [-0.2, -0.15) is 5.10 Å². The van der Waals surface area contributed by atoms with Crippen molar-refractivity contribution in [2.45, 2.75) is 57.5 Å². The molecule has 0 amide bonds. The highest BCUT2D eigenvalue weighted by atomic mass is 35.5. The quantitative estimate of drug-likeness (QED) is 0.928. The van der Waals surface area contributed by atoms with Crippen molar-refractivity contribution in [3.63, 3.8) is 0 Å². The van der Waals surface area contributed by atoms with E-state index in [2.05, 4.69) is 27.2 Å². The molecule has 6 heteroatoms. The maximum atomic E-state index is 6.26. The minimum atomic E-state index is 0.516. The van der Waals surface area contributed by atoms with E-state index in [0.29, 0.717) is 10.6 Å². The molecule has 128 valence electrons. The Balaban J connectivity index is 1.26. The maximum absolute atomic E-state index is 6.26. The largest absolute Gasteiger partial charge is 0.354 e. The second kappa shape index (κ2) is 5.33. The zero-order valence-corrected chi connectivity index (χ0v) is 14.9. The van der Waals surface area contributed by atoms with Crippen molar-refractivity contribution in [1.82, 2.24) is 19.9 Å². The Kier molecular flexibility index (Phi) is 3.33. The van der Waals surface area contributed by atoms with Crippen LogP contribution < -0.4 is 10.2 Å². The number of hydrogen-bond acceptors (Lipinski definition) is 4. The van der Waals surface area contributed by atoms with E-state index in [0.717, 1.165) is 42.1 Å². The van der Waals surface area contributed by atoms with Crippen LogP contribution in [0.4, 0.5) is 5.82 Å². The first-order valence-electron chi connectivity index (χ1n) is 9.13. The summed E-state index contributed by atoms with van der Waals surface area (Å²) in [5.74, 6) is 1.03. The summed E-state index contributed by atoms with van der Waals surface area (Å²) in [6, 6.07) is 3.50. The van der Waals surface area contributed by atoms with E-state index in [1.807, 2.05) is 6.07 Å². The SMILES string of the molecule is Cc1cc(Cl)n2ncnc(N3CC4(CC(NC5CCCC5)C4)C3)c12. The number of rotatable bonds is 3. The third-order valence-corrected chi connectivity index (χ3v) is 6.49. The molecule has 1 spiro atoms. The van der Waals surface area contributed by atoms with Gasteiger partial charge in [0.05, 0.1) is 0 Å². The molecule has 2 saturated carbocycles. The standard InChI is InChI=1S/C18H24ClN5/c1-12-6-15(19)24-16(12)17(20-11-21-24)23-9-18(10-23)7-14(8-18)22-13-4-2-3-5-13/h6,11,13-14,22H,2-5,7-10H2,1H3. The smallest absolute Gasteiger partial charge is 0.156 e. The second-order valence-electron chi connectivity index (χ2n) is 8.10. The lowest BCUT2D eigenvalue weighted by Crippen LogP contribution is -2.67. The zero-order chi connectivity index (χ0) is 16.3. The number of nitrogens with zero attached hydrogens (tertiary/aromatic N) is 4. The average molecular weight is 346 g/mol. The van der Waals surface area contributed by atoms with Crippen LogP contribution in [0, 0.1) is 12.3 Å². The normalized spacial score (nSPS) is 23.8. The molecule has 0 bridgehead atoms. The van der Waals surface area contributed by atoms with Crippen molar-refractivity contribution in [1.29, 1.82) is 0 Å². The van der Waals surface area contributed by atoms with Gasteiger partial charge in [0.2, 0.25) is 0 Å². The van der Waals surface area contributed by atoms with Crippen LogP contribution in [0.25, 0.3) is 5.52 Å². The highest BCUT2D eigenvalue weighted by Crippen LogP contribution is 2.50. The predicted molar refractivity (Wildman–Crippen MR) is 95.8 cm³/mol. The van der Waals surface area contributed by atoms with Gasteiger partial charge < -0.3 is 10.2 Å². The van der Waals surface area contributed by atoms with Gasteiger partial charge in [0.1, 0.15) is 17.0 Å². The van der Waals surface area contributed by atoms with Gasteiger partial charge in [-0.3, -0.25) is 0 Å². The van der Waals surface area contributed by atoms with Crippen molar-refractivity contribution >= 4 is 22.9 Å². The Bertz CT molecular complexity index is 765. The molecule has 1 saturated heterocycles. The van der Waals surface area contributed by atoms with Gasteiger partial charge in [-0.25, -0.2) is 9.50 Å². The van der Waals surface area contributed by atoms with Gasteiger partial charge in [-0.15, -0.1) is 0 Å². The molecule has 0 radical (unpaired) electrons. The van der Waals surface area contributed by atoms with Crippen LogP contribution in [-0.4, -0.2) is 39.8 Å². The molecular weight excluding hydrogens is 322 g/mol. The van der Waals surface area contributed by atoms with Crippen molar-refractivity contribution in [3.8, 4) is 0 Å². The molecule has 1 N–H and O–H groups in total. The van der Waals surface area contributed by atoms with Crippen molar-refractivity contribution in [2.24, 2.45) is 5.41 Å². The summed E-state index contributed by atoms with van der Waals surface area (Å²) >= 11 is 6.26. The summed E-state index contributed by atoms with van der Waals surface area (Å²) in [6.07, 6.45) is 9.83. The summed E-state index contributed by atoms with van der Waals surface area (Å²) in [4.78, 5) is 6.94. The molecular formula is C18H24ClN5. The number of anilines is 1. The van der Waals surface area contributed by atoms with Gasteiger partial charge in [-0.05, 0) is 44.2 Å². The van der Waals surface area contributed by atoms with Crippen molar-refractivity contribution < 1.29 is 0 Å². The molecule has 24 heavy (non-hydrogen) atoms. The molecule has 5 rings (SSSR count). The van der Waals surface area contributed by atoms with E-state index in [-0.39, 0.29) is 0 Å². The Morgan fingerprint density at radius 2 is 1.96 bits per heavy atom. The average Bonchev–Trinajstić information content (AvgIpc) is 3.09. The molecule has 0 unspecified atom stereocenters. The van der Waals surface area contributed by atoms with Crippen LogP contribution >= 0.6 is 11.6 Å². The number of fused-ring (bicyclic) bond motifs is 1. The fourth-order valence-corrected chi connectivity index (χ4v) is 5.38. The highest BCUT2D eigenvalue weighted by molar-refractivity contribution is 6.30. The minimum Gasteiger partial charge on any atom is -0.354 e. The minimum absolute atomic E-state index is 0.516. The third kappa shape index (κ3) is 2.25. The Morgan fingerprint density at radius 3 is 2.71 bits per heavy atom.